The van der Waals surface area contributed by atoms with Crippen molar-refractivity contribution in [3.8, 4) is 0 Å². The lowest BCUT2D eigenvalue weighted by Crippen LogP contribution is -2.35. The van der Waals surface area contributed by atoms with E-state index in [0.717, 1.165) is 0 Å². The molecular formula is C3H11N3O2S. The predicted octanol–water partition coefficient (Wildman–Crippen LogP) is -2.00. The number of hydrogen-bond donors (Lipinski definition) is 3. The van der Waals surface area contributed by atoms with Gasteiger partial charge in [0.15, 0.2) is 0 Å². The van der Waals surface area contributed by atoms with E-state index in [4.69, 9.17) is 0 Å². The molecule has 0 aromatic rings. The summed E-state index contributed by atoms with van der Waals surface area (Å²) in [7, 11) is -1.54. The van der Waals surface area contributed by atoms with Gasteiger partial charge >= 0.3 is 0 Å². The summed E-state index contributed by atoms with van der Waals surface area (Å²) in [5.41, 5.74) is 0. The molecule has 4 N–H and O–H groups in total. The average molecular weight is 153 g/mol. The quantitative estimate of drug-likeness (QED) is 0.322. The lowest BCUT2D eigenvalue weighted by atomic mass is 10.8. The first-order valence-corrected chi connectivity index (χ1v) is 4.12. The number of rotatable bonds is 4. The molecule has 0 rings (SSSR count). The van der Waals surface area contributed by atoms with Crippen LogP contribution in [0.25, 0.3) is 0 Å². The summed E-state index contributed by atoms with van der Waals surface area (Å²) in [5, 5.41) is 2.68. The van der Waals surface area contributed by atoms with Crippen LogP contribution in [0.3, 0.4) is 0 Å². The van der Waals surface area contributed by atoms with Gasteiger partial charge in [-0.15, -0.1) is 0 Å². The maximum Gasteiger partial charge on any atom is 0.225 e. The van der Waals surface area contributed by atoms with Crippen molar-refractivity contribution in [2.75, 3.05) is 19.3 Å². The van der Waals surface area contributed by atoms with E-state index in [9.17, 15) is 8.42 Å². The van der Waals surface area contributed by atoms with Crippen LogP contribution in [-0.4, -0.2) is 27.8 Å². The van der Waals surface area contributed by atoms with Gasteiger partial charge in [-0.2, -0.15) is 4.83 Å². The van der Waals surface area contributed by atoms with E-state index in [1.165, 1.54) is 0 Å². The Bertz CT molecular complexity index is 152. The summed E-state index contributed by atoms with van der Waals surface area (Å²) in [5.74, 6) is 4.70. The molecule has 9 heavy (non-hydrogen) atoms. The van der Waals surface area contributed by atoms with Gasteiger partial charge in [-0.1, -0.05) is 0 Å². The molecule has 0 aliphatic heterocycles. The molecule has 0 aromatic heterocycles. The van der Waals surface area contributed by atoms with Gasteiger partial charge in [-0.05, 0) is 7.05 Å². The Balaban J connectivity index is 3.61. The van der Waals surface area contributed by atoms with Crippen LogP contribution in [0.4, 0.5) is 0 Å². The average Bonchev–Trinajstić information content (AvgIpc) is 1.84. The molecule has 0 unspecified atom stereocenters. The molecule has 0 amide bonds. The smallest absolute Gasteiger partial charge is 0.225 e. The van der Waals surface area contributed by atoms with E-state index < -0.39 is 10.0 Å². The maximum atomic E-state index is 10.5. The maximum absolute atomic E-state index is 10.5. The van der Waals surface area contributed by atoms with E-state index in [1.807, 2.05) is 0 Å². The van der Waals surface area contributed by atoms with Crippen molar-refractivity contribution in [3.05, 3.63) is 0 Å². The fraction of sp³-hybridized carbons (Fsp3) is 1.00. The van der Waals surface area contributed by atoms with Crippen molar-refractivity contribution in [2.45, 2.75) is 0 Å². The van der Waals surface area contributed by atoms with Crippen molar-refractivity contribution < 1.29 is 8.42 Å². The molecule has 0 saturated heterocycles. The molecular weight excluding hydrogens is 142 g/mol. The fourth-order valence-corrected chi connectivity index (χ4v) is 0.886. The minimum atomic E-state index is -3.22. The van der Waals surface area contributed by atoms with Gasteiger partial charge in [-0.3, -0.25) is 5.84 Å². The molecule has 0 atom stereocenters. The van der Waals surface area contributed by atoms with Crippen LogP contribution in [0.1, 0.15) is 0 Å². The van der Waals surface area contributed by atoms with Gasteiger partial charge in [0, 0.05) is 6.54 Å². The van der Waals surface area contributed by atoms with Gasteiger partial charge in [-0.25, -0.2) is 8.42 Å². The van der Waals surface area contributed by atoms with Crippen molar-refractivity contribution in [3.63, 3.8) is 0 Å². The van der Waals surface area contributed by atoms with Crippen LogP contribution in [0, 0.1) is 0 Å². The van der Waals surface area contributed by atoms with Crippen LogP contribution in [0.15, 0.2) is 0 Å². The molecule has 0 radical (unpaired) electrons. The summed E-state index contributed by atoms with van der Waals surface area (Å²) < 4.78 is 21.0. The predicted molar refractivity (Wildman–Crippen MR) is 35.0 cm³/mol. The third kappa shape index (κ3) is 4.34. The highest BCUT2D eigenvalue weighted by molar-refractivity contribution is 7.89. The zero-order valence-corrected chi connectivity index (χ0v) is 6.03. The highest BCUT2D eigenvalue weighted by Crippen LogP contribution is 1.75. The lowest BCUT2D eigenvalue weighted by Gasteiger charge is -1.98. The summed E-state index contributed by atoms with van der Waals surface area (Å²) in [6, 6.07) is 0. The molecule has 0 fully saturated rings. The standard InChI is InChI=1S/C3H11N3O2S/c1-5-2-3-9(7,8)6-4/h5-6H,2-4H2,1H3. The van der Waals surface area contributed by atoms with Crippen LogP contribution in [-0.2, 0) is 10.0 Å². The minimum Gasteiger partial charge on any atom is -0.319 e. The van der Waals surface area contributed by atoms with Crippen molar-refractivity contribution in [1.29, 1.82) is 0 Å². The Labute approximate surface area is 54.6 Å². The van der Waals surface area contributed by atoms with Crippen LogP contribution in [0.2, 0.25) is 0 Å². The number of hydrazine groups is 1. The molecule has 0 aliphatic carbocycles. The first-order chi connectivity index (χ1) is 4.12. The second-order valence-corrected chi connectivity index (χ2v) is 3.41. The molecule has 0 spiro atoms. The van der Waals surface area contributed by atoms with E-state index in [0.29, 0.717) is 6.54 Å². The summed E-state index contributed by atoms with van der Waals surface area (Å²) in [4.78, 5) is 1.71. The van der Waals surface area contributed by atoms with Crippen molar-refractivity contribution >= 4 is 10.0 Å². The Hall–Kier alpha value is -0.170. The van der Waals surface area contributed by atoms with Crippen LogP contribution < -0.4 is 16.0 Å². The van der Waals surface area contributed by atoms with E-state index in [2.05, 4.69) is 11.2 Å². The zero-order valence-electron chi connectivity index (χ0n) is 5.22. The Morgan fingerprint density at radius 2 is 2.11 bits per heavy atom. The SMILES string of the molecule is CNCCS(=O)(=O)NN. The van der Waals surface area contributed by atoms with Crippen LogP contribution >= 0.6 is 0 Å². The first-order valence-electron chi connectivity index (χ1n) is 2.47. The lowest BCUT2D eigenvalue weighted by molar-refractivity contribution is 0.581. The zero-order chi connectivity index (χ0) is 7.33. The first kappa shape index (κ1) is 8.83. The van der Waals surface area contributed by atoms with Gasteiger partial charge in [0.1, 0.15) is 0 Å². The van der Waals surface area contributed by atoms with Crippen molar-refractivity contribution in [2.24, 2.45) is 5.84 Å². The van der Waals surface area contributed by atoms with E-state index >= 15 is 0 Å². The minimum absolute atomic E-state index is 0.0139. The summed E-state index contributed by atoms with van der Waals surface area (Å²) >= 11 is 0. The van der Waals surface area contributed by atoms with Gasteiger partial charge < -0.3 is 5.32 Å². The normalized spacial score (nSPS) is 11.8. The number of nitrogens with one attached hydrogen (secondary N) is 2. The Morgan fingerprint density at radius 1 is 1.56 bits per heavy atom. The van der Waals surface area contributed by atoms with Crippen LogP contribution in [0.5, 0.6) is 0 Å². The highest BCUT2D eigenvalue weighted by Gasteiger charge is 2.03. The second kappa shape index (κ2) is 3.78. The summed E-state index contributed by atoms with van der Waals surface area (Å²) in [6.45, 7) is 0.409. The highest BCUT2D eigenvalue weighted by atomic mass is 32.2. The molecule has 56 valence electrons. The third-order valence-electron chi connectivity index (χ3n) is 0.800. The molecule has 5 nitrogen and oxygen atoms in total. The summed E-state index contributed by atoms with van der Waals surface area (Å²) in [6.07, 6.45) is 0. The topological polar surface area (TPSA) is 84.2 Å². The van der Waals surface area contributed by atoms with E-state index in [-0.39, 0.29) is 5.75 Å². The number of sulfonamides is 1. The van der Waals surface area contributed by atoms with Gasteiger partial charge in [0.2, 0.25) is 10.0 Å². The number of hydrogen-bond acceptors (Lipinski definition) is 4. The fourth-order valence-electron chi connectivity index (χ4n) is 0.295. The molecule has 0 aliphatic rings. The van der Waals surface area contributed by atoms with Crippen molar-refractivity contribution in [1.82, 2.24) is 10.1 Å². The number of nitrogens with two attached hydrogens (primary N) is 1. The van der Waals surface area contributed by atoms with Gasteiger partial charge in [0.25, 0.3) is 0 Å². The third-order valence-corrected chi connectivity index (χ3v) is 1.90. The molecule has 0 bridgehead atoms. The second-order valence-electron chi connectivity index (χ2n) is 1.54. The molecule has 0 aromatic carbocycles. The largest absolute Gasteiger partial charge is 0.319 e. The monoisotopic (exact) mass is 153 g/mol. The van der Waals surface area contributed by atoms with E-state index in [1.54, 1.807) is 11.9 Å². The Kier molecular flexibility index (Phi) is 3.71. The molecule has 0 saturated carbocycles. The molecule has 0 heterocycles. The Morgan fingerprint density at radius 3 is 2.44 bits per heavy atom. The molecule has 6 heteroatoms. The van der Waals surface area contributed by atoms with Gasteiger partial charge in [0.05, 0.1) is 5.75 Å².